The van der Waals surface area contributed by atoms with Gasteiger partial charge < -0.3 is 0 Å². The molecule has 8 heteroatoms. The summed E-state index contributed by atoms with van der Waals surface area (Å²) in [5, 5.41) is 0.501. The van der Waals surface area contributed by atoms with Gasteiger partial charge in [0.15, 0.2) is 0 Å². The number of rotatable bonds is 3. The van der Waals surface area contributed by atoms with Gasteiger partial charge in [0, 0.05) is 11.4 Å². The molecule has 0 bridgehead atoms. The number of halogens is 3. The molecule has 1 aliphatic carbocycles. The van der Waals surface area contributed by atoms with Gasteiger partial charge in [-0.05, 0) is 34.8 Å². The van der Waals surface area contributed by atoms with Gasteiger partial charge in [-0.1, -0.05) is 11.6 Å². The molecule has 0 atom stereocenters. The van der Waals surface area contributed by atoms with Crippen LogP contribution in [0.15, 0.2) is 14.1 Å². The Morgan fingerprint density at radius 1 is 1.50 bits per heavy atom. The third kappa shape index (κ3) is 2.73. The highest BCUT2D eigenvalue weighted by molar-refractivity contribution is 9.11. The van der Waals surface area contributed by atoms with Gasteiger partial charge in [0.25, 0.3) is 0 Å². The third-order valence-electron chi connectivity index (χ3n) is 2.29. The standard InChI is InChI=1S/C8H8BrCl2NO2S2/c9-8-6(11)3-7(15-8)16(13,14)12-5-1-4(10)2-5/h3-5,12H,1-2H2. The Hall–Kier alpha value is 0.670. The summed E-state index contributed by atoms with van der Waals surface area (Å²) in [7, 11) is -3.45. The molecular weight excluding hydrogens is 357 g/mol. The van der Waals surface area contributed by atoms with Gasteiger partial charge in [0.2, 0.25) is 10.0 Å². The predicted octanol–water partition coefficient (Wildman–Crippen LogP) is 3.21. The van der Waals surface area contributed by atoms with Crippen LogP contribution in [0.2, 0.25) is 5.02 Å². The van der Waals surface area contributed by atoms with Crippen LogP contribution in [0.5, 0.6) is 0 Å². The van der Waals surface area contributed by atoms with Gasteiger partial charge in [-0.25, -0.2) is 13.1 Å². The Morgan fingerprint density at radius 2 is 2.12 bits per heavy atom. The second-order valence-electron chi connectivity index (χ2n) is 3.57. The molecule has 1 heterocycles. The quantitative estimate of drug-likeness (QED) is 0.837. The summed E-state index contributed by atoms with van der Waals surface area (Å²) in [6.45, 7) is 0. The van der Waals surface area contributed by atoms with Crippen molar-refractivity contribution in [3.63, 3.8) is 0 Å². The van der Waals surface area contributed by atoms with E-state index in [4.69, 9.17) is 23.2 Å². The van der Waals surface area contributed by atoms with Crippen LogP contribution in [0.4, 0.5) is 0 Å². The summed E-state index contributed by atoms with van der Waals surface area (Å²) in [4.78, 5) is 0. The molecule has 2 rings (SSSR count). The first-order valence-electron chi connectivity index (χ1n) is 4.50. The highest BCUT2D eigenvalue weighted by Crippen LogP contribution is 2.35. The zero-order valence-electron chi connectivity index (χ0n) is 7.91. The summed E-state index contributed by atoms with van der Waals surface area (Å²) in [6.07, 6.45) is 1.36. The third-order valence-corrected chi connectivity index (χ3v) is 7.11. The number of hydrogen-bond acceptors (Lipinski definition) is 3. The van der Waals surface area contributed by atoms with Crippen molar-refractivity contribution in [1.82, 2.24) is 4.72 Å². The molecule has 1 aromatic heterocycles. The van der Waals surface area contributed by atoms with Crippen molar-refractivity contribution < 1.29 is 8.42 Å². The maximum absolute atomic E-state index is 11.9. The molecule has 0 unspecified atom stereocenters. The maximum Gasteiger partial charge on any atom is 0.250 e. The normalized spacial score (nSPS) is 25.4. The molecular formula is C8H8BrCl2NO2S2. The Bertz CT molecular complexity index is 477. The van der Waals surface area contributed by atoms with Crippen LogP contribution in [0.1, 0.15) is 12.8 Å². The zero-order valence-corrected chi connectivity index (χ0v) is 12.6. The van der Waals surface area contributed by atoms with Crippen molar-refractivity contribution in [3.05, 3.63) is 14.9 Å². The maximum atomic E-state index is 11.9. The van der Waals surface area contributed by atoms with Crippen LogP contribution >= 0.6 is 50.5 Å². The zero-order chi connectivity index (χ0) is 11.9. The fourth-order valence-electron chi connectivity index (χ4n) is 1.38. The Morgan fingerprint density at radius 3 is 2.56 bits per heavy atom. The van der Waals surface area contributed by atoms with Gasteiger partial charge in [0.1, 0.15) is 4.21 Å². The van der Waals surface area contributed by atoms with E-state index in [1.54, 1.807) is 0 Å². The lowest BCUT2D eigenvalue weighted by atomic mass is 9.94. The molecule has 0 spiro atoms. The van der Waals surface area contributed by atoms with Gasteiger partial charge >= 0.3 is 0 Å². The first-order chi connectivity index (χ1) is 7.38. The van der Waals surface area contributed by atoms with E-state index >= 15 is 0 Å². The predicted molar refractivity (Wildman–Crippen MR) is 70.0 cm³/mol. The SMILES string of the molecule is O=S(=O)(NC1CC(Cl)C1)c1cc(Cl)c(Br)s1. The van der Waals surface area contributed by atoms with E-state index in [2.05, 4.69) is 20.7 Å². The average Bonchev–Trinajstić information content (AvgIpc) is 2.45. The highest BCUT2D eigenvalue weighted by Gasteiger charge is 2.32. The second-order valence-corrected chi connectivity index (χ2v) is 8.91. The minimum Gasteiger partial charge on any atom is -0.207 e. The van der Waals surface area contributed by atoms with Gasteiger partial charge in [-0.15, -0.1) is 22.9 Å². The van der Waals surface area contributed by atoms with Crippen LogP contribution in [0.3, 0.4) is 0 Å². The van der Waals surface area contributed by atoms with Gasteiger partial charge in [-0.3, -0.25) is 0 Å². The first kappa shape index (κ1) is 13.1. The molecule has 1 saturated carbocycles. The van der Waals surface area contributed by atoms with Crippen LogP contribution in [0, 0.1) is 0 Å². The van der Waals surface area contributed by atoms with Crippen molar-refractivity contribution in [2.75, 3.05) is 0 Å². The molecule has 0 saturated heterocycles. The molecule has 0 aromatic carbocycles. The Balaban J connectivity index is 2.13. The Labute approximate surface area is 116 Å². The van der Waals surface area contributed by atoms with Gasteiger partial charge in [-0.2, -0.15) is 0 Å². The number of nitrogens with one attached hydrogen (secondary N) is 1. The second kappa shape index (κ2) is 4.74. The number of alkyl halides is 1. The molecule has 1 aliphatic rings. The first-order valence-corrected chi connectivity index (χ1v) is 8.40. The van der Waals surface area contributed by atoms with Crippen LogP contribution in [-0.4, -0.2) is 19.8 Å². The van der Waals surface area contributed by atoms with Crippen molar-refractivity contribution in [2.24, 2.45) is 0 Å². The smallest absolute Gasteiger partial charge is 0.207 e. The topological polar surface area (TPSA) is 46.2 Å². The molecule has 0 amide bonds. The van der Waals surface area contributed by atoms with E-state index in [0.29, 0.717) is 21.7 Å². The van der Waals surface area contributed by atoms with E-state index in [1.165, 1.54) is 6.07 Å². The molecule has 1 fully saturated rings. The molecule has 0 aliphatic heterocycles. The largest absolute Gasteiger partial charge is 0.250 e. The van der Waals surface area contributed by atoms with Crippen molar-refractivity contribution in [3.8, 4) is 0 Å². The lowest BCUT2D eigenvalue weighted by Gasteiger charge is -2.30. The monoisotopic (exact) mass is 363 g/mol. The average molecular weight is 365 g/mol. The fourth-order valence-corrected chi connectivity index (χ4v) is 5.49. The van der Waals surface area contributed by atoms with E-state index in [0.717, 1.165) is 11.3 Å². The summed E-state index contributed by atoms with van der Waals surface area (Å²) >= 11 is 15.9. The van der Waals surface area contributed by atoms with E-state index in [1.807, 2.05) is 0 Å². The van der Waals surface area contributed by atoms with Crippen LogP contribution in [-0.2, 0) is 10.0 Å². The minimum absolute atomic E-state index is 0.0489. The lowest BCUT2D eigenvalue weighted by molar-refractivity contribution is 0.391. The summed E-state index contributed by atoms with van der Waals surface area (Å²) in [6, 6.07) is 1.39. The number of thiophene rings is 1. The number of hydrogen-bond donors (Lipinski definition) is 1. The molecule has 0 radical (unpaired) electrons. The molecule has 90 valence electrons. The van der Waals surface area contributed by atoms with Crippen LogP contribution in [0.25, 0.3) is 0 Å². The molecule has 1 N–H and O–H groups in total. The van der Waals surface area contributed by atoms with Crippen LogP contribution < -0.4 is 4.72 Å². The Kier molecular flexibility index (Phi) is 3.88. The van der Waals surface area contributed by atoms with E-state index in [9.17, 15) is 8.42 Å². The number of sulfonamides is 1. The molecule has 16 heavy (non-hydrogen) atoms. The van der Waals surface area contributed by atoms with E-state index < -0.39 is 10.0 Å². The summed E-state index contributed by atoms with van der Waals surface area (Å²) in [5.74, 6) is 0. The van der Waals surface area contributed by atoms with Gasteiger partial charge in [0.05, 0.1) is 8.81 Å². The van der Waals surface area contributed by atoms with E-state index in [-0.39, 0.29) is 15.6 Å². The summed E-state index contributed by atoms with van der Waals surface area (Å²) < 4.78 is 27.2. The van der Waals surface area contributed by atoms with Crippen molar-refractivity contribution >= 4 is 60.5 Å². The van der Waals surface area contributed by atoms with Crippen molar-refractivity contribution in [1.29, 1.82) is 0 Å². The molecule has 3 nitrogen and oxygen atoms in total. The lowest BCUT2D eigenvalue weighted by Crippen LogP contribution is -2.44. The minimum atomic E-state index is -3.45. The highest BCUT2D eigenvalue weighted by atomic mass is 79.9. The van der Waals surface area contributed by atoms with Crippen molar-refractivity contribution in [2.45, 2.75) is 28.5 Å². The molecule has 1 aromatic rings. The fraction of sp³-hybridized carbons (Fsp3) is 0.500. The summed E-state index contributed by atoms with van der Waals surface area (Å²) in [5.41, 5.74) is 0.